The van der Waals surface area contributed by atoms with Crippen molar-refractivity contribution >= 4 is 11.9 Å². The van der Waals surface area contributed by atoms with Crippen molar-refractivity contribution in [3.8, 4) is 0 Å². The summed E-state index contributed by atoms with van der Waals surface area (Å²) in [5.41, 5.74) is 0. The van der Waals surface area contributed by atoms with E-state index < -0.39 is 11.9 Å². The first-order valence-electron chi connectivity index (χ1n) is 2.06. The van der Waals surface area contributed by atoms with Crippen molar-refractivity contribution in [3.05, 3.63) is 0 Å². The van der Waals surface area contributed by atoms with E-state index in [2.05, 4.69) is 0 Å². The molecule has 1 radical (unpaired) electrons. The Hall–Kier alpha value is 0.0829. The minimum atomic E-state index is -1.08. The smallest absolute Gasteiger partial charge is 0.303 e. The summed E-state index contributed by atoms with van der Waals surface area (Å²) in [4.78, 5) is 19.3. The number of hydrogen-bond donors (Lipinski definition) is 2. The largest absolute Gasteiger partial charge is 0.481 e. The minimum absolute atomic E-state index is 0. The van der Waals surface area contributed by atoms with E-state index in [1.165, 1.54) is 0 Å². The first kappa shape index (κ1) is 16.6. The molecule has 0 aromatic carbocycles. The van der Waals surface area contributed by atoms with Gasteiger partial charge in [0.15, 0.2) is 0 Å². The quantitative estimate of drug-likeness (QED) is 0.684. The third-order valence-electron chi connectivity index (χ3n) is 0.553. The van der Waals surface area contributed by atoms with Gasteiger partial charge in [-0.2, -0.15) is 0 Å². The molecule has 59 valence electrons. The van der Waals surface area contributed by atoms with Crippen molar-refractivity contribution in [2.75, 3.05) is 0 Å². The van der Waals surface area contributed by atoms with E-state index in [0.29, 0.717) is 0 Å². The molecule has 6 heteroatoms. The van der Waals surface area contributed by atoms with Gasteiger partial charge in [-0.3, -0.25) is 9.59 Å². The fourth-order valence-corrected chi connectivity index (χ4v) is 0.214. The van der Waals surface area contributed by atoms with Gasteiger partial charge in [0.25, 0.3) is 0 Å². The molecule has 0 spiro atoms. The Kier molecular flexibility index (Phi) is 15.1. The zero-order valence-electron chi connectivity index (χ0n) is 5.13. The number of hydrogen-bond acceptors (Lipinski definition) is 2. The Morgan fingerprint density at radius 2 is 1.20 bits per heavy atom. The summed E-state index contributed by atoms with van der Waals surface area (Å²) >= 11 is 0. The monoisotopic (exact) mass is 245 g/mol. The summed E-state index contributed by atoms with van der Waals surface area (Å²) in [6, 6.07) is 0. The van der Waals surface area contributed by atoms with Crippen molar-refractivity contribution in [3.63, 3.8) is 0 Å². The van der Waals surface area contributed by atoms with Gasteiger partial charge in [0.05, 0.1) is 12.8 Å². The van der Waals surface area contributed by atoms with Gasteiger partial charge in [-0.1, -0.05) is 0 Å². The van der Waals surface area contributed by atoms with Crippen molar-refractivity contribution in [2.45, 2.75) is 12.8 Å². The summed E-state index contributed by atoms with van der Waals surface area (Å²) < 4.78 is 0. The fraction of sp³-hybridized carbons (Fsp3) is 0.500. The van der Waals surface area contributed by atoms with Crippen LogP contribution in [0.4, 0.5) is 0 Å². The molecule has 0 amide bonds. The second-order valence-corrected chi connectivity index (χ2v) is 1.29. The molecule has 10 heavy (non-hydrogen) atoms. The summed E-state index contributed by atoms with van der Waals surface area (Å²) in [5, 5.41) is 15.8. The number of carboxylic acid groups (broad SMARTS) is 2. The topological polar surface area (TPSA) is 74.6 Å². The van der Waals surface area contributed by atoms with Gasteiger partial charge >= 0.3 is 11.9 Å². The minimum Gasteiger partial charge on any atom is -0.481 e. The Labute approximate surface area is 81.2 Å². The molecule has 0 aromatic heterocycles. The van der Waals surface area contributed by atoms with Crippen LogP contribution in [0.2, 0.25) is 0 Å². The maximum Gasteiger partial charge on any atom is 0.303 e. The third-order valence-corrected chi connectivity index (χ3v) is 0.553. The van der Waals surface area contributed by atoms with Crippen molar-refractivity contribution in [2.24, 2.45) is 0 Å². The summed E-state index contributed by atoms with van der Waals surface area (Å²) in [6.07, 6.45) is -0.593. The fourth-order valence-electron chi connectivity index (χ4n) is 0.214. The average Bonchev–Trinajstić information content (AvgIpc) is 1.61. The molecule has 0 atom stereocenters. The van der Waals surface area contributed by atoms with Crippen molar-refractivity contribution in [1.82, 2.24) is 0 Å². The molecule has 0 saturated carbocycles. The molecular formula is C4H6CuO4Zn. The van der Waals surface area contributed by atoms with Crippen LogP contribution in [-0.4, -0.2) is 22.2 Å². The molecule has 4 nitrogen and oxygen atoms in total. The predicted octanol–water partition coefficient (Wildman–Crippen LogP) is -0.0692. The molecule has 0 fully saturated rings. The second kappa shape index (κ2) is 9.08. The summed E-state index contributed by atoms with van der Waals surface area (Å²) in [7, 11) is 0. The molecule has 0 aliphatic carbocycles. The standard InChI is InChI=1S/C4H6O4.Cu.Zn/c5-3(6)1-2-4(7)8;;/h1-2H2,(H,5,6)(H,7,8);;. The van der Waals surface area contributed by atoms with Crippen LogP contribution in [0.15, 0.2) is 0 Å². The number of aliphatic carboxylic acids is 2. The Morgan fingerprint density at radius 3 is 1.30 bits per heavy atom. The normalized spacial score (nSPS) is 6.80. The van der Waals surface area contributed by atoms with Gasteiger partial charge in [-0.05, 0) is 0 Å². The van der Waals surface area contributed by atoms with Crippen LogP contribution >= 0.6 is 0 Å². The summed E-state index contributed by atoms with van der Waals surface area (Å²) in [5.74, 6) is -2.15. The van der Waals surface area contributed by atoms with E-state index in [-0.39, 0.29) is 49.4 Å². The SMILES string of the molecule is O=C(O)CCC(=O)O.[Cu].[Zn]. The summed E-state index contributed by atoms with van der Waals surface area (Å²) in [6.45, 7) is 0. The van der Waals surface area contributed by atoms with Gasteiger partial charge in [-0.25, -0.2) is 0 Å². The first-order valence-corrected chi connectivity index (χ1v) is 2.06. The average molecular weight is 247 g/mol. The molecular weight excluding hydrogens is 241 g/mol. The van der Waals surface area contributed by atoms with Gasteiger partial charge < -0.3 is 10.2 Å². The van der Waals surface area contributed by atoms with Crippen LogP contribution in [0.25, 0.3) is 0 Å². The number of carboxylic acids is 2. The first-order chi connectivity index (χ1) is 3.63. The number of rotatable bonds is 3. The van der Waals surface area contributed by atoms with Gasteiger partial charge in [-0.15, -0.1) is 0 Å². The van der Waals surface area contributed by atoms with Crippen molar-refractivity contribution in [1.29, 1.82) is 0 Å². The molecule has 0 aliphatic heterocycles. The van der Waals surface area contributed by atoms with Gasteiger partial charge in [0.1, 0.15) is 0 Å². The van der Waals surface area contributed by atoms with Crippen LogP contribution in [0.3, 0.4) is 0 Å². The zero-order chi connectivity index (χ0) is 6.57. The van der Waals surface area contributed by atoms with Gasteiger partial charge in [0, 0.05) is 36.5 Å². The molecule has 0 rings (SSSR count). The molecule has 0 aromatic rings. The van der Waals surface area contributed by atoms with E-state index in [9.17, 15) is 9.59 Å². The maximum atomic E-state index is 9.64. The molecule has 0 heterocycles. The van der Waals surface area contributed by atoms with E-state index in [1.807, 2.05) is 0 Å². The number of carbonyl (C=O) groups is 2. The predicted molar refractivity (Wildman–Crippen MR) is 24.5 cm³/mol. The molecule has 0 unspecified atom stereocenters. The van der Waals surface area contributed by atoms with Gasteiger partial charge in [0.2, 0.25) is 0 Å². The van der Waals surface area contributed by atoms with Crippen molar-refractivity contribution < 1.29 is 56.3 Å². The zero-order valence-corrected chi connectivity index (χ0v) is 9.04. The van der Waals surface area contributed by atoms with Crippen LogP contribution < -0.4 is 0 Å². The molecule has 0 saturated heterocycles. The molecule has 2 N–H and O–H groups in total. The third kappa shape index (κ3) is 15.7. The van der Waals surface area contributed by atoms with E-state index >= 15 is 0 Å². The van der Waals surface area contributed by atoms with Crippen LogP contribution in [-0.2, 0) is 46.1 Å². The van der Waals surface area contributed by atoms with E-state index in [1.54, 1.807) is 0 Å². The van der Waals surface area contributed by atoms with Crippen LogP contribution in [0.1, 0.15) is 12.8 Å². The Balaban J connectivity index is -0.000000245. The Bertz CT molecular complexity index is 102. The van der Waals surface area contributed by atoms with E-state index in [0.717, 1.165) is 0 Å². The van der Waals surface area contributed by atoms with Crippen LogP contribution in [0.5, 0.6) is 0 Å². The molecule has 0 aliphatic rings. The van der Waals surface area contributed by atoms with E-state index in [4.69, 9.17) is 10.2 Å². The maximum absolute atomic E-state index is 9.64. The van der Waals surface area contributed by atoms with Crippen LogP contribution in [0, 0.1) is 0 Å². The Morgan fingerprint density at radius 1 is 1.00 bits per heavy atom. The molecule has 0 bridgehead atoms. The second-order valence-electron chi connectivity index (χ2n) is 1.29.